The van der Waals surface area contributed by atoms with Crippen LogP contribution in [0.3, 0.4) is 0 Å². The van der Waals surface area contributed by atoms with Gasteiger partial charge in [-0.3, -0.25) is 28.8 Å². The van der Waals surface area contributed by atoms with Crippen LogP contribution < -0.4 is 38.1 Å². The molecule has 6 aromatic rings. The van der Waals surface area contributed by atoms with E-state index in [-0.39, 0.29) is 80.3 Å². The van der Waals surface area contributed by atoms with Gasteiger partial charge in [0.25, 0.3) is 0 Å². The molecule has 6 rings (SSSR count). The maximum Gasteiger partial charge on any atom is 0.307 e. The Balaban J connectivity index is 1.12. The summed E-state index contributed by atoms with van der Waals surface area (Å²) in [5, 5.41) is 19.4. The van der Waals surface area contributed by atoms with Gasteiger partial charge in [0.2, 0.25) is 35.7 Å². The summed E-state index contributed by atoms with van der Waals surface area (Å²) in [5.41, 5.74) is 8.18. The number of hydrogen-bond acceptors (Lipinski definition) is 43. The number of carbonyl (C=O) groups excluding carboxylic acids is 6. The van der Waals surface area contributed by atoms with E-state index >= 15 is 0 Å². The highest BCUT2D eigenvalue weighted by molar-refractivity contribution is 8.00. The van der Waals surface area contributed by atoms with Crippen LogP contribution in [0.25, 0.3) is 0 Å². The maximum absolute atomic E-state index is 12.8. The lowest BCUT2D eigenvalue weighted by molar-refractivity contribution is -0.155. The number of aryl methyl sites for hydroxylation is 6. The molecule has 0 aliphatic carbocycles. The van der Waals surface area contributed by atoms with Crippen LogP contribution in [0.15, 0.2) is 30.9 Å². The van der Waals surface area contributed by atoms with Gasteiger partial charge in [-0.2, -0.15) is 59.8 Å². The molecule has 0 spiro atoms. The van der Waals surface area contributed by atoms with Gasteiger partial charge in [0.1, 0.15) is 68.6 Å². The number of carbonyl (C=O) groups is 6. The summed E-state index contributed by atoms with van der Waals surface area (Å²) < 4.78 is 33.2. The summed E-state index contributed by atoms with van der Waals surface area (Å²) >= 11 is 7.93. The fourth-order valence-electron chi connectivity index (χ4n) is 10.1. The van der Waals surface area contributed by atoms with Crippen molar-refractivity contribution < 1.29 is 57.2 Å². The second kappa shape index (κ2) is 50.5. The first-order valence-corrected chi connectivity index (χ1v) is 46.6. The molecule has 0 aliphatic rings. The molecule has 668 valence electrons. The molecule has 0 radical (unpaired) electrons. The molecule has 43 heteroatoms. The Morgan fingerprint density at radius 2 is 0.430 bits per heavy atom. The number of anilines is 6. The van der Waals surface area contributed by atoms with Crippen molar-refractivity contribution in [3.05, 3.63) is 34.9 Å². The quantitative estimate of drug-likeness (QED) is 0.00807. The van der Waals surface area contributed by atoms with E-state index in [0.29, 0.717) is 246 Å². The number of nitrogens with zero attached hydrogens (tertiary/aromatic N) is 18. The van der Waals surface area contributed by atoms with Gasteiger partial charge < -0.3 is 66.5 Å². The molecule has 0 bridgehead atoms. The van der Waals surface area contributed by atoms with E-state index in [1.54, 1.807) is 0 Å². The zero-order chi connectivity index (χ0) is 88.8. The molecule has 9 N–H and O–H groups in total. The lowest BCUT2D eigenvalue weighted by Crippen LogP contribution is -2.24. The van der Waals surface area contributed by atoms with E-state index in [4.69, 9.17) is 94.7 Å². The third kappa shape index (κ3) is 47.3. The van der Waals surface area contributed by atoms with Crippen molar-refractivity contribution in [2.45, 2.75) is 305 Å². The van der Waals surface area contributed by atoms with E-state index < -0.39 is 33.6 Å². The normalized spacial score (nSPS) is 12.0. The van der Waals surface area contributed by atoms with Gasteiger partial charge in [0.05, 0.1) is 38.5 Å². The Bertz CT molecular complexity index is 4300. The Labute approximate surface area is 735 Å². The van der Waals surface area contributed by atoms with Gasteiger partial charge in [0.15, 0.2) is 30.9 Å². The number of ether oxygens (including phenoxy) is 6. The first-order chi connectivity index (χ1) is 56.9. The predicted octanol–water partition coefficient (Wildman–Crippen LogP) is 11.4. The van der Waals surface area contributed by atoms with Crippen molar-refractivity contribution in [1.82, 2.24) is 89.7 Å². The molecule has 0 saturated carbocycles. The number of nitrogens with two attached hydrogens (primary N) is 2. The average molecular weight is 1800 g/mol. The molecule has 0 saturated heterocycles. The highest BCUT2D eigenvalue weighted by atomic mass is 32.2. The minimum absolute atomic E-state index is 0.0795. The fourth-order valence-corrected chi connectivity index (χ4v) is 14.7. The standard InChI is InChI=1S/C78H123N25O12S6/c1-73(2,3)110-55(104)31-43-116-67-92-49(86-61(80)98-67)26-20-38-81-63-88-51(94-69(100-63)118-45-33-57(106)112-75(7,8)9)28-22-40-83-65-90-53(96-71(102-65)120-47-35-59(108)114-77(13,14)15)30-24-42-85-66-91-54(97-72(103-66)121-48-36-60(109)115-78(16,17)18)29-23-41-84-64-89-52(95-70(101-64)119-46-34-58(107)113-76(10,11)12)27-21-39-82-62-87-50(25-19-37-79)93-68(99-62)117-44-32-56(105)111-74(4,5)6/h19-48,79H2,1-18H3,(H2,80,86,92,98)(H,81,88,94,100)(H,82,87,93,99)(H,83,90,96,102)(H,84,89,95,101)(H,85,91,97,103). The van der Waals surface area contributed by atoms with Gasteiger partial charge in [-0.15, -0.1) is 0 Å². The molecule has 0 aromatic carbocycles. The fraction of sp³-hybridized carbons (Fsp3) is 0.692. The number of esters is 6. The number of thioether (sulfide) groups is 6. The molecule has 0 amide bonds. The second-order valence-electron chi connectivity index (χ2n) is 33.3. The molecule has 121 heavy (non-hydrogen) atoms. The van der Waals surface area contributed by atoms with Crippen LogP contribution in [0.1, 0.15) is 237 Å². The van der Waals surface area contributed by atoms with Crippen molar-refractivity contribution in [2.75, 3.05) is 106 Å². The van der Waals surface area contributed by atoms with Crippen LogP contribution in [-0.2, 0) is 95.7 Å². The van der Waals surface area contributed by atoms with Gasteiger partial charge in [-0.05, 0) is 170 Å². The molecular formula is C78H123N25O12S6. The van der Waals surface area contributed by atoms with Gasteiger partial charge in [0, 0.05) is 106 Å². The molecule has 37 nitrogen and oxygen atoms in total. The van der Waals surface area contributed by atoms with E-state index in [2.05, 4.69) is 61.5 Å². The Hall–Kier alpha value is -8.26. The smallest absolute Gasteiger partial charge is 0.307 e. The minimum Gasteiger partial charge on any atom is -0.460 e. The monoisotopic (exact) mass is 1790 g/mol. The Morgan fingerprint density at radius 1 is 0.256 bits per heavy atom. The van der Waals surface area contributed by atoms with Crippen molar-refractivity contribution >= 4 is 142 Å². The summed E-state index contributed by atoms with van der Waals surface area (Å²) in [6.07, 6.45) is 7.19. The maximum atomic E-state index is 12.8. The summed E-state index contributed by atoms with van der Waals surface area (Å²) in [5.74, 6) is 5.38. The highest BCUT2D eigenvalue weighted by Gasteiger charge is 2.25. The lowest BCUT2D eigenvalue weighted by Gasteiger charge is -2.19. The summed E-state index contributed by atoms with van der Waals surface area (Å²) in [7, 11) is 0. The number of rotatable bonds is 52. The van der Waals surface area contributed by atoms with Crippen molar-refractivity contribution in [3.63, 3.8) is 0 Å². The predicted molar refractivity (Wildman–Crippen MR) is 472 cm³/mol. The van der Waals surface area contributed by atoms with Crippen molar-refractivity contribution in [2.24, 2.45) is 5.73 Å². The lowest BCUT2D eigenvalue weighted by atomic mass is 10.2. The van der Waals surface area contributed by atoms with Crippen LogP contribution in [0.5, 0.6) is 0 Å². The second-order valence-corrected chi connectivity index (χ2v) is 39.7. The first-order valence-electron chi connectivity index (χ1n) is 40.6. The zero-order valence-electron chi connectivity index (χ0n) is 73.3. The first kappa shape index (κ1) is 102. The third-order valence-corrected chi connectivity index (χ3v) is 19.7. The average Bonchev–Trinajstić information content (AvgIpc) is 0.871. The van der Waals surface area contributed by atoms with Crippen LogP contribution in [-0.4, -0.2) is 233 Å². The molecule has 6 aromatic heterocycles. The van der Waals surface area contributed by atoms with Crippen molar-refractivity contribution in [1.29, 1.82) is 0 Å². The minimum atomic E-state index is -0.649. The summed E-state index contributed by atoms with van der Waals surface area (Å²) in [6.45, 7) is 35.5. The van der Waals surface area contributed by atoms with Crippen LogP contribution in [0, 0.1) is 0 Å². The zero-order valence-corrected chi connectivity index (χ0v) is 78.2. The molecule has 0 unspecified atom stereocenters. The van der Waals surface area contributed by atoms with Crippen LogP contribution >= 0.6 is 70.6 Å². The molecule has 0 atom stereocenters. The van der Waals surface area contributed by atoms with Crippen molar-refractivity contribution in [3.8, 4) is 0 Å². The summed E-state index contributed by atoms with van der Waals surface area (Å²) in [6, 6.07) is 0. The molecule has 6 heterocycles. The van der Waals surface area contributed by atoms with Crippen LogP contribution in [0.4, 0.5) is 35.7 Å². The number of hydrogen-bond donors (Lipinski definition) is 7. The van der Waals surface area contributed by atoms with E-state index in [9.17, 15) is 28.8 Å². The Morgan fingerprint density at radius 3 is 0.612 bits per heavy atom. The number of nitrogen functional groups attached to an aromatic ring is 1. The SMILES string of the molecule is CC(C)(C)OC(=O)CCSc1nc(N)nc(CCCNc2nc(CCCNc3nc(CCCNc4nc(CCCNc5nc(CCCNc6nc(CCCN)nc(SCCC(=O)OC(C)(C)C)n6)nc(SCCC(=O)OC(C)(C)C)n5)nc(SCCC(=O)OC(C)(C)C)n4)nc(SCCC(=O)OC(C)(C)C)n3)nc(SCCC(=O)OC(C)(C)C)n2)n1. The van der Waals surface area contributed by atoms with Gasteiger partial charge in [-0.1, -0.05) is 70.6 Å². The van der Waals surface area contributed by atoms with E-state index in [1.807, 2.05) is 125 Å². The van der Waals surface area contributed by atoms with Crippen LogP contribution in [0.2, 0.25) is 0 Å². The third-order valence-electron chi connectivity index (χ3n) is 14.6. The molecule has 0 aliphatic heterocycles. The van der Waals surface area contributed by atoms with E-state index in [1.165, 1.54) is 70.6 Å². The summed E-state index contributed by atoms with van der Waals surface area (Å²) in [4.78, 5) is 160. The van der Waals surface area contributed by atoms with Gasteiger partial charge in [-0.25, -0.2) is 29.9 Å². The molecule has 0 fully saturated rings. The highest BCUT2D eigenvalue weighted by Crippen LogP contribution is 2.26. The largest absolute Gasteiger partial charge is 0.460 e. The van der Waals surface area contributed by atoms with E-state index in [0.717, 1.165) is 0 Å². The van der Waals surface area contributed by atoms with Gasteiger partial charge >= 0.3 is 35.8 Å². The topological polar surface area (TPSA) is 502 Å². The number of aromatic nitrogens is 18. The Kier molecular flexibility index (Phi) is 42.4. The number of nitrogens with one attached hydrogen (secondary N) is 5. The molecular weight excluding hydrogens is 1670 g/mol.